The molecule has 0 aromatic carbocycles. The van der Waals surface area contributed by atoms with Gasteiger partial charge in [0.2, 0.25) is 0 Å². The molecule has 5 nitrogen and oxygen atoms in total. The quantitative estimate of drug-likeness (QED) is 0.527. The van der Waals surface area contributed by atoms with Crippen LogP contribution in [0.3, 0.4) is 0 Å². The second-order valence-electron chi connectivity index (χ2n) is 4.16. The van der Waals surface area contributed by atoms with Gasteiger partial charge < -0.3 is 0 Å². The maximum absolute atomic E-state index is 10.6. The first kappa shape index (κ1) is 9.86. The Hall–Kier alpha value is -0.680. The second-order valence-corrected chi connectivity index (χ2v) is 4.16. The van der Waals surface area contributed by atoms with Crippen molar-refractivity contribution in [3.05, 3.63) is 10.1 Å². The summed E-state index contributed by atoms with van der Waals surface area (Å²) in [5.74, 6) is 0. The lowest BCUT2D eigenvalue weighted by Crippen LogP contribution is -2.53. The van der Waals surface area contributed by atoms with Crippen molar-refractivity contribution in [2.75, 3.05) is 13.1 Å². The van der Waals surface area contributed by atoms with E-state index in [0.29, 0.717) is 6.42 Å². The lowest BCUT2D eigenvalue weighted by molar-refractivity contribution is -0.534. The molecule has 0 spiro atoms. The van der Waals surface area contributed by atoms with E-state index in [0.717, 1.165) is 25.9 Å². The van der Waals surface area contributed by atoms with Crippen LogP contribution in [0.1, 0.15) is 32.1 Å². The van der Waals surface area contributed by atoms with E-state index in [1.54, 1.807) is 0 Å². The minimum absolute atomic E-state index is 0.192. The van der Waals surface area contributed by atoms with E-state index in [-0.39, 0.29) is 11.1 Å². The molecule has 0 aliphatic carbocycles. The predicted molar refractivity (Wildman–Crippen MR) is 52.4 cm³/mol. The van der Waals surface area contributed by atoms with E-state index in [9.17, 15) is 10.1 Å². The Bertz CT molecular complexity index is 216. The third-order valence-corrected chi connectivity index (χ3v) is 3.18. The SMILES string of the molecule is O=[N+]([O-])C1CCCC(N2CCCC2)N1. The van der Waals surface area contributed by atoms with Gasteiger partial charge in [0, 0.05) is 11.3 Å². The van der Waals surface area contributed by atoms with Crippen LogP contribution >= 0.6 is 0 Å². The molecule has 5 heteroatoms. The van der Waals surface area contributed by atoms with Crippen LogP contribution in [0, 0.1) is 10.1 Å². The van der Waals surface area contributed by atoms with E-state index >= 15 is 0 Å². The Labute approximate surface area is 83.6 Å². The van der Waals surface area contributed by atoms with Gasteiger partial charge in [-0.3, -0.25) is 15.0 Å². The van der Waals surface area contributed by atoms with E-state index in [4.69, 9.17) is 0 Å². The van der Waals surface area contributed by atoms with Crippen molar-refractivity contribution in [3.63, 3.8) is 0 Å². The van der Waals surface area contributed by atoms with Crippen molar-refractivity contribution < 1.29 is 4.92 Å². The number of nitrogens with zero attached hydrogens (tertiary/aromatic N) is 2. The molecule has 2 saturated heterocycles. The van der Waals surface area contributed by atoms with E-state index in [2.05, 4.69) is 10.2 Å². The molecule has 1 N–H and O–H groups in total. The Morgan fingerprint density at radius 1 is 1.21 bits per heavy atom. The average Bonchev–Trinajstić information content (AvgIpc) is 2.71. The van der Waals surface area contributed by atoms with E-state index in [1.165, 1.54) is 12.8 Å². The number of hydrogen-bond acceptors (Lipinski definition) is 4. The maximum Gasteiger partial charge on any atom is 0.267 e. The van der Waals surface area contributed by atoms with Crippen molar-refractivity contribution in [1.29, 1.82) is 0 Å². The standard InChI is InChI=1S/C9H17N3O2/c13-12(14)9-5-3-4-8(10-9)11-6-1-2-7-11/h8-10H,1-7H2. The first-order valence-electron chi connectivity index (χ1n) is 5.41. The summed E-state index contributed by atoms with van der Waals surface area (Å²) < 4.78 is 0. The third-order valence-electron chi connectivity index (χ3n) is 3.18. The molecule has 0 bridgehead atoms. The first-order chi connectivity index (χ1) is 6.77. The summed E-state index contributed by atoms with van der Waals surface area (Å²) in [6.07, 6.45) is 4.92. The van der Waals surface area contributed by atoms with Crippen LogP contribution in [-0.4, -0.2) is 35.2 Å². The van der Waals surface area contributed by atoms with Crippen LogP contribution in [0.4, 0.5) is 0 Å². The highest BCUT2D eigenvalue weighted by Gasteiger charge is 2.32. The summed E-state index contributed by atoms with van der Waals surface area (Å²) in [7, 11) is 0. The predicted octanol–water partition coefficient (Wildman–Crippen LogP) is 0.785. The highest BCUT2D eigenvalue weighted by atomic mass is 16.6. The summed E-state index contributed by atoms with van der Waals surface area (Å²) in [5, 5.41) is 13.8. The summed E-state index contributed by atoms with van der Waals surface area (Å²) in [5.41, 5.74) is 0. The Kier molecular flexibility index (Phi) is 2.98. The number of nitrogens with one attached hydrogen (secondary N) is 1. The van der Waals surface area contributed by atoms with Gasteiger partial charge in [-0.25, -0.2) is 5.32 Å². The molecule has 2 unspecified atom stereocenters. The van der Waals surface area contributed by atoms with Gasteiger partial charge in [0.25, 0.3) is 6.17 Å². The molecule has 2 aliphatic heterocycles. The van der Waals surface area contributed by atoms with E-state index in [1.807, 2.05) is 0 Å². The molecular weight excluding hydrogens is 182 g/mol. The first-order valence-corrected chi connectivity index (χ1v) is 5.41. The van der Waals surface area contributed by atoms with Gasteiger partial charge in [-0.15, -0.1) is 0 Å². The van der Waals surface area contributed by atoms with Crippen molar-refractivity contribution in [1.82, 2.24) is 10.2 Å². The Balaban J connectivity index is 1.89. The topological polar surface area (TPSA) is 58.4 Å². The Morgan fingerprint density at radius 3 is 2.57 bits per heavy atom. The number of hydrogen-bond donors (Lipinski definition) is 1. The van der Waals surface area contributed by atoms with E-state index < -0.39 is 6.17 Å². The fourth-order valence-electron chi connectivity index (χ4n) is 2.40. The molecular formula is C9H17N3O2. The van der Waals surface area contributed by atoms with Crippen LogP contribution < -0.4 is 5.32 Å². The molecule has 2 fully saturated rings. The molecule has 2 atom stereocenters. The van der Waals surface area contributed by atoms with Gasteiger partial charge >= 0.3 is 0 Å². The average molecular weight is 199 g/mol. The number of likely N-dealkylation sites (tertiary alicyclic amines) is 1. The van der Waals surface area contributed by atoms with Crippen molar-refractivity contribution in [2.24, 2.45) is 0 Å². The fourth-order valence-corrected chi connectivity index (χ4v) is 2.40. The molecule has 0 aromatic rings. The smallest absolute Gasteiger partial charge is 0.267 e. The zero-order chi connectivity index (χ0) is 9.97. The molecule has 80 valence electrons. The fraction of sp³-hybridized carbons (Fsp3) is 1.00. The number of piperidine rings is 1. The van der Waals surface area contributed by atoms with Crippen molar-refractivity contribution >= 4 is 0 Å². The molecule has 0 radical (unpaired) electrons. The second kappa shape index (κ2) is 4.23. The minimum Gasteiger partial charge on any atom is -0.288 e. The van der Waals surface area contributed by atoms with Gasteiger partial charge in [0.15, 0.2) is 0 Å². The van der Waals surface area contributed by atoms with Gasteiger partial charge in [-0.2, -0.15) is 0 Å². The normalized spacial score (nSPS) is 34.6. The van der Waals surface area contributed by atoms with Gasteiger partial charge in [0.1, 0.15) is 0 Å². The molecule has 0 saturated carbocycles. The van der Waals surface area contributed by atoms with Gasteiger partial charge in [0.05, 0.1) is 6.17 Å². The summed E-state index contributed by atoms with van der Waals surface area (Å²) in [4.78, 5) is 12.8. The summed E-state index contributed by atoms with van der Waals surface area (Å²) in [6.45, 7) is 2.20. The molecule has 0 aromatic heterocycles. The summed E-state index contributed by atoms with van der Waals surface area (Å²) >= 11 is 0. The lowest BCUT2D eigenvalue weighted by atomic mass is 10.1. The van der Waals surface area contributed by atoms with Crippen molar-refractivity contribution in [2.45, 2.75) is 44.4 Å². The number of rotatable bonds is 2. The minimum atomic E-state index is -0.519. The third kappa shape index (κ3) is 2.04. The van der Waals surface area contributed by atoms with Crippen LogP contribution in [-0.2, 0) is 0 Å². The number of nitro groups is 1. The Morgan fingerprint density at radius 2 is 1.93 bits per heavy atom. The van der Waals surface area contributed by atoms with Crippen LogP contribution in [0.5, 0.6) is 0 Å². The molecule has 2 heterocycles. The monoisotopic (exact) mass is 199 g/mol. The van der Waals surface area contributed by atoms with Crippen LogP contribution in [0.15, 0.2) is 0 Å². The maximum atomic E-state index is 10.6. The van der Waals surface area contributed by atoms with Gasteiger partial charge in [-0.1, -0.05) is 0 Å². The zero-order valence-electron chi connectivity index (χ0n) is 8.32. The highest BCUT2D eigenvalue weighted by molar-refractivity contribution is 4.79. The summed E-state index contributed by atoms with van der Waals surface area (Å²) in [6, 6.07) is 0. The van der Waals surface area contributed by atoms with Crippen LogP contribution in [0.25, 0.3) is 0 Å². The highest BCUT2D eigenvalue weighted by Crippen LogP contribution is 2.19. The molecule has 2 rings (SSSR count). The zero-order valence-corrected chi connectivity index (χ0v) is 8.32. The largest absolute Gasteiger partial charge is 0.288 e. The van der Waals surface area contributed by atoms with Crippen molar-refractivity contribution in [3.8, 4) is 0 Å². The van der Waals surface area contributed by atoms with Crippen LogP contribution in [0.2, 0.25) is 0 Å². The van der Waals surface area contributed by atoms with Gasteiger partial charge in [-0.05, 0) is 38.8 Å². The lowest BCUT2D eigenvalue weighted by Gasteiger charge is -2.32. The molecule has 14 heavy (non-hydrogen) atoms. The molecule has 2 aliphatic rings. The molecule has 0 amide bonds.